The lowest BCUT2D eigenvalue weighted by atomic mass is 10.1. The third kappa shape index (κ3) is 5.59. The van der Waals surface area contributed by atoms with E-state index in [9.17, 15) is 9.59 Å². The number of aryl methyl sites for hydroxylation is 2. The monoisotopic (exact) mass is 382 g/mol. The van der Waals surface area contributed by atoms with Gasteiger partial charge in [0.15, 0.2) is 6.61 Å². The van der Waals surface area contributed by atoms with Crippen LogP contribution in [0.5, 0.6) is 5.75 Å². The maximum atomic E-state index is 12.9. The van der Waals surface area contributed by atoms with Gasteiger partial charge in [-0.05, 0) is 62.4 Å². The van der Waals surface area contributed by atoms with Crippen molar-refractivity contribution < 1.29 is 14.3 Å². The Morgan fingerprint density at radius 1 is 1.11 bits per heavy atom. The van der Waals surface area contributed by atoms with E-state index < -0.39 is 6.04 Å². The molecule has 0 aromatic heterocycles. The Bertz CT molecular complexity index is 818. The SMILES string of the molecule is CNC(=O)[C@@H](C)N(CCc1ccccc1)C(=O)COc1cc(C)cc(C)c1C. The molecule has 1 atom stereocenters. The van der Waals surface area contributed by atoms with Crippen molar-refractivity contribution in [3.05, 3.63) is 64.7 Å². The zero-order chi connectivity index (χ0) is 20.7. The second kappa shape index (κ2) is 9.93. The van der Waals surface area contributed by atoms with Gasteiger partial charge < -0.3 is 15.0 Å². The molecule has 0 bridgehead atoms. The van der Waals surface area contributed by atoms with E-state index in [0.29, 0.717) is 18.7 Å². The number of amides is 2. The molecule has 0 aliphatic heterocycles. The molecule has 1 N–H and O–H groups in total. The molecule has 0 fully saturated rings. The van der Waals surface area contributed by atoms with E-state index in [-0.39, 0.29) is 18.4 Å². The molecule has 5 nitrogen and oxygen atoms in total. The van der Waals surface area contributed by atoms with Gasteiger partial charge in [-0.3, -0.25) is 9.59 Å². The highest BCUT2D eigenvalue weighted by molar-refractivity contribution is 5.87. The maximum absolute atomic E-state index is 12.9. The average molecular weight is 383 g/mol. The van der Waals surface area contributed by atoms with Crippen molar-refractivity contribution in [1.82, 2.24) is 10.2 Å². The Hall–Kier alpha value is -2.82. The van der Waals surface area contributed by atoms with E-state index in [1.165, 1.54) is 0 Å². The van der Waals surface area contributed by atoms with Gasteiger partial charge in [-0.1, -0.05) is 36.4 Å². The molecular weight excluding hydrogens is 352 g/mol. The highest BCUT2D eigenvalue weighted by Gasteiger charge is 2.25. The zero-order valence-corrected chi connectivity index (χ0v) is 17.4. The molecule has 2 rings (SSSR count). The maximum Gasteiger partial charge on any atom is 0.261 e. The highest BCUT2D eigenvalue weighted by atomic mass is 16.5. The summed E-state index contributed by atoms with van der Waals surface area (Å²) in [5.74, 6) is 0.316. The zero-order valence-electron chi connectivity index (χ0n) is 17.4. The molecule has 2 aromatic carbocycles. The van der Waals surface area contributed by atoms with Crippen LogP contribution in [0.15, 0.2) is 42.5 Å². The molecule has 0 spiro atoms. The van der Waals surface area contributed by atoms with E-state index in [2.05, 4.69) is 11.4 Å². The number of nitrogens with one attached hydrogen (secondary N) is 1. The molecule has 0 saturated heterocycles. The lowest BCUT2D eigenvalue weighted by Crippen LogP contribution is -2.49. The molecule has 0 saturated carbocycles. The average Bonchev–Trinajstić information content (AvgIpc) is 2.69. The Morgan fingerprint density at radius 3 is 2.43 bits per heavy atom. The molecule has 150 valence electrons. The fourth-order valence-electron chi connectivity index (χ4n) is 3.15. The van der Waals surface area contributed by atoms with E-state index in [4.69, 9.17) is 4.74 Å². The first-order chi connectivity index (χ1) is 13.3. The molecule has 0 radical (unpaired) electrons. The van der Waals surface area contributed by atoms with Gasteiger partial charge in [-0.25, -0.2) is 0 Å². The summed E-state index contributed by atoms with van der Waals surface area (Å²) in [6, 6.07) is 13.4. The third-order valence-electron chi connectivity index (χ3n) is 5.01. The van der Waals surface area contributed by atoms with Crippen LogP contribution in [0.3, 0.4) is 0 Å². The van der Waals surface area contributed by atoms with E-state index in [0.717, 1.165) is 22.3 Å². The molecule has 2 amide bonds. The smallest absolute Gasteiger partial charge is 0.261 e. The second-order valence-electron chi connectivity index (χ2n) is 7.11. The topological polar surface area (TPSA) is 58.6 Å². The predicted molar refractivity (Wildman–Crippen MR) is 112 cm³/mol. The number of ether oxygens (including phenoxy) is 1. The van der Waals surface area contributed by atoms with Crippen molar-refractivity contribution in [1.29, 1.82) is 0 Å². The Morgan fingerprint density at radius 2 is 1.79 bits per heavy atom. The number of hydrogen-bond acceptors (Lipinski definition) is 3. The van der Waals surface area contributed by atoms with Crippen LogP contribution in [0.25, 0.3) is 0 Å². The van der Waals surface area contributed by atoms with Gasteiger partial charge in [0.05, 0.1) is 0 Å². The summed E-state index contributed by atoms with van der Waals surface area (Å²) in [4.78, 5) is 26.6. The summed E-state index contributed by atoms with van der Waals surface area (Å²) in [5, 5.41) is 2.62. The largest absolute Gasteiger partial charge is 0.483 e. The van der Waals surface area contributed by atoms with Gasteiger partial charge in [0.25, 0.3) is 5.91 Å². The Labute approximate surface area is 167 Å². The van der Waals surface area contributed by atoms with Gasteiger partial charge in [0.1, 0.15) is 11.8 Å². The first kappa shape index (κ1) is 21.5. The van der Waals surface area contributed by atoms with E-state index in [1.54, 1.807) is 18.9 Å². The Balaban J connectivity index is 2.10. The molecule has 0 unspecified atom stereocenters. The number of nitrogens with zero attached hydrogens (tertiary/aromatic N) is 1. The van der Waals surface area contributed by atoms with Gasteiger partial charge in [-0.15, -0.1) is 0 Å². The highest BCUT2D eigenvalue weighted by Crippen LogP contribution is 2.23. The summed E-state index contributed by atoms with van der Waals surface area (Å²) in [5.41, 5.74) is 4.36. The first-order valence-corrected chi connectivity index (χ1v) is 9.59. The number of benzene rings is 2. The number of rotatable bonds is 8. The van der Waals surface area contributed by atoms with Crippen molar-refractivity contribution in [2.45, 2.75) is 40.2 Å². The standard InChI is InChI=1S/C23H30N2O3/c1-16-13-17(2)18(3)21(14-16)28-15-22(26)25(19(4)23(27)24-5)12-11-20-9-7-6-8-10-20/h6-10,13-14,19H,11-12,15H2,1-5H3,(H,24,27)/t19-/m1/s1. The van der Waals surface area contributed by atoms with Crippen LogP contribution in [-0.4, -0.2) is 43.0 Å². The van der Waals surface area contributed by atoms with Crippen LogP contribution in [0.2, 0.25) is 0 Å². The van der Waals surface area contributed by atoms with Gasteiger partial charge in [0, 0.05) is 13.6 Å². The number of likely N-dealkylation sites (N-methyl/N-ethyl adjacent to an activating group) is 1. The summed E-state index contributed by atoms with van der Waals surface area (Å²) in [6.07, 6.45) is 0.677. The first-order valence-electron chi connectivity index (χ1n) is 9.59. The molecule has 2 aromatic rings. The number of carbonyl (C=O) groups is 2. The summed E-state index contributed by atoms with van der Waals surface area (Å²) in [7, 11) is 1.58. The summed E-state index contributed by atoms with van der Waals surface area (Å²) >= 11 is 0. The Kier molecular flexibility index (Phi) is 7.61. The normalized spacial score (nSPS) is 11.6. The second-order valence-corrected chi connectivity index (χ2v) is 7.11. The van der Waals surface area contributed by atoms with Crippen LogP contribution >= 0.6 is 0 Å². The lowest BCUT2D eigenvalue weighted by molar-refractivity contribution is -0.141. The van der Waals surface area contributed by atoms with Crippen molar-refractivity contribution in [3.63, 3.8) is 0 Å². The van der Waals surface area contributed by atoms with Crippen LogP contribution in [-0.2, 0) is 16.0 Å². The number of carbonyl (C=O) groups excluding carboxylic acids is 2. The molecule has 0 aliphatic carbocycles. The van der Waals surface area contributed by atoms with Crippen molar-refractivity contribution in [2.75, 3.05) is 20.2 Å². The summed E-state index contributed by atoms with van der Waals surface area (Å²) < 4.78 is 5.83. The van der Waals surface area contributed by atoms with Crippen LogP contribution < -0.4 is 10.1 Å². The fraction of sp³-hybridized carbons (Fsp3) is 0.391. The van der Waals surface area contributed by atoms with Gasteiger partial charge >= 0.3 is 0 Å². The molecular formula is C23H30N2O3. The van der Waals surface area contributed by atoms with Crippen molar-refractivity contribution in [2.24, 2.45) is 0 Å². The fourth-order valence-corrected chi connectivity index (χ4v) is 3.15. The minimum atomic E-state index is -0.565. The number of hydrogen-bond donors (Lipinski definition) is 1. The minimum absolute atomic E-state index is 0.0974. The van der Waals surface area contributed by atoms with Gasteiger partial charge in [0.2, 0.25) is 5.91 Å². The molecule has 28 heavy (non-hydrogen) atoms. The van der Waals surface area contributed by atoms with Crippen LogP contribution in [0, 0.1) is 20.8 Å². The van der Waals surface area contributed by atoms with E-state index in [1.807, 2.05) is 57.2 Å². The molecule has 0 aliphatic rings. The predicted octanol–water partition coefficient (Wildman–Crippen LogP) is 3.20. The summed E-state index contributed by atoms with van der Waals surface area (Å²) in [6.45, 7) is 8.10. The minimum Gasteiger partial charge on any atom is -0.483 e. The van der Waals surface area contributed by atoms with Gasteiger partial charge in [-0.2, -0.15) is 0 Å². The van der Waals surface area contributed by atoms with Crippen molar-refractivity contribution in [3.8, 4) is 5.75 Å². The third-order valence-corrected chi connectivity index (χ3v) is 5.01. The van der Waals surface area contributed by atoms with Crippen LogP contribution in [0.4, 0.5) is 0 Å². The van der Waals surface area contributed by atoms with Crippen LogP contribution in [0.1, 0.15) is 29.2 Å². The quantitative estimate of drug-likeness (QED) is 0.763. The molecule has 5 heteroatoms. The molecule has 0 heterocycles. The lowest BCUT2D eigenvalue weighted by Gasteiger charge is -2.28. The van der Waals surface area contributed by atoms with E-state index >= 15 is 0 Å². The van der Waals surface area contributed by atoms with Crippen molar-refractivity contribution >= 4 is 11.8 Å².